The summed E-state index contributed by atoms with van der Waals surface area (Å²) < 4.78 is 0. The standard InChI is InChI=1S/C14H18O4/c1-2-3-4-6-10-7-5-8-11(13(10)16)9-12(15)14(17)18/h5,7-8,16H,2-4,6,9H2,1H3,(H,17,18). The number of phenols is 1. The third-order valence-corrected chi connectivity index (χ3v) is 2.84. The van der Waals surface area contributed by atoms with Crippen LogP contribution in [-0.4, -0.2) is 22.0 Å². The maximum Gasteiger partial charge on any atom is 0.372 e. The maximum atomic E-state index is 11.1. The van der Waals surface area contributed by atoms with Crippen molar-refractivity contribution >= 4 is 11.8 Å². The van der Waals surface area contributed by atoms with Gasteiger partial charge in [0.15, 0.2) is 0 Å². The van der Waals surface area contributed by atoms with E-state index in [1.54, 1.807) is 18.2 Å². The number of aromatic hydroxyl groups is 1. The Bertz CT molecular complexity index is 437. The number of ketones is 1. The van der Waals surface area contributed by atoms with Crippen molar-refractivity contribution in [3.05, 3.63) is 29.3 Å². The van der Waals surface area contributed by atoms with E-state index in [0.717, 1.165) is 31.2 Å². The Kier molecular flexibility index (Phi) is 5.36. The number of benzene rings is 1. The predicted octanol–water partition coefficient (Wildman–Crippen LogP) is 2.32. The van der Waals surface area contributed by atoms with E-state index < -0.39 is 11.8 Å². The molecule has 0 unspecified atom stereocenters. The molecule has 4 nitrogen and oxygen atoms in total. The van der Waals surface area contributed by atoms with Gasteiger partial charge in [0.25, 0.3) is 0 Å². The van der Waals surface area contributed by atoms with E-state index in [1.807, 2.05) is 0 Å². The zero-order chi connectivity index (χ0) is 13.5. The second kappa shape index (κ2) is 6.79. The maximum absolute atomic E-state index is 11.1. The number of Topliss-reactive ketones (excluding diaryl/α,β-unsaturated/α-hetero) is 1. The number of hydrogen-bond acceptors (Lipinski definition) is 3. The molecular formula is C14H18O4. The molecule has 0 aliphatic rings. The number of carbonyl (C=O) groups excluding carboxylic acids is 1. The molecule has 0 atom stereocenters. The molecule has 0 aliphatic heterocycles. The molecule has 0 aliphatic carbocycles. The van der Waals surface area contributed by atoms with Crippen LogP contribution in [0.15, 0.2) is 18.2 Å². The molecule has 18 heavy (non-hydrogen) atoms. The Hall–Kier alpha value is -1.84. The van der Waals surface area contributed by atoms with Crippen LogP contribution in [0.4, 0.5) is 0 Å². The normalized spacial score (nSPS) is 10.3. The van der Waals surface area contributed by atoms with E-state index in [-0.39, 0.29) is 12.2 Å². The molecule has 0 saturated carbocycles. The number of rotatable bonds is 7. The number of hydrogen-bond donors (Lipinski definition) is 2. The highest BCUT2D eigenvalue weighted by Crippen LogP contribution is 2.24. The minimum Gasteiger partial charge on any atom is -0.507 e. The van der Waals surface area contributed by atoms with Crippen molar-refractivity contribution in [2.24, 2.45) is 0 Å². The van der Waals surface area contributed by atoms with Crippen LogP contribution < -0.4 is 0 Å². The van der Waals surface area contributed by atoms with E-state index in [0.29, 0.717) is 5.56 Å². The molecule has 0 aromatic heterocycles. The summed E-state index contributed by atoms with van der Waals surface area (Å²) in [6, 6.07) is 5.13. The topological polar surface area (TPSA) is 74.6 Å². The van der Waals surface area contributed by atoms with Crippen LogP contribution in [-0.2, 0) is 22.4 Å². The lowest BCUT2D eigenvalue weighted by molar-refractivity contribution is -0.148. The van der Waals surface area contributed by atoms with Gasteiger partial charge in [-0.25, -0.2) is 4.79 Å². The Labute approximate surface area is 106 Å². The zero-order valence-corrected chi connectivity index (χ0v) is 10.5. The SMILES string of the molecule is CCCCCc1cccc(CC(=O)C(=O)O)c1O. The molecule has 0 saturated heterocycles. The molecule has 0 radical (unpaired) electrons. The minimum atomic E-state index is -1.47. The van der Waals surface area contributed by atoms with Crippen molar-refractivity contribution in [1.29, 1.82) is 0 Å². The summed E-state index contributed by atoms with van der Waals surface area (Å²) >= 11 is 0. The molecule has 0 fully saturated rings. The molecule has 0 amide bonds. The second-order valence-electron chi connectivity index (χ2n) is 4.29. The second-order valence-corrected chi connectivity index (χ2v) is 4.29. The van der Waals surface area contributed by atoms with Gasteiger partial charge in [0.05, 0.1) is 0 Å². The van der Waals surface area contributed by atoms with Gasteiger partial charge in [0.2, 0.25) is 5.78 Å². The van der Waals surface area contributed by atoms with Gasteiger partial charge in [-0.1, -0.05) is 38.0 Å². The molecule has 0 heterocycles. The van der Waals surface area contributed by atoms with Gasteiger partial charge in [-0.3, -0.25) is 4.79 Å². The van der Waals surface area contributed by atoms with Crippen LogP contribution in [0.25, 0.3) is 0 Å². The van der Waals surface area contributed by atoms with Crippen molar-refractivity contribution in [1.82, 2.24) is 0 Å². The number of carboxylic acid groups (broad SMARTS) is 1. The van der Waals surface area contributed by atoms with Gasteiger partial charge in [0, 0.05) is 12.0 Å². The van der Waals surface area contributed by atoms with Crippen molar-refractivity contribution in [2.45, 2.75) is 39.0 Å². The minimum absolute atomic E-state index is 0.0585. The molecule has 0 spiro atoms. The number of phenolic OH excluding ortho intramolecular Hbond substituents is 1. The van der Waals surface area contributed by atoms with Crippen LogP contribution >= 0.6 is 0 Å². The predicted molar refractivity (Wildman–Crippen MR) is 67.7 cm³/mol. The van der Waals surface area contributed by atoms with Crippen LogP contribution in [0, 0.1) is 0 Å². The van der Waals surface area contributed by atoms with Crippen LogP contribution in [0.3, 0.4) is 0 Å². The summed E-state index contributed by atoms with van der Waals surface area (Å²) in [6.45, 7) is 2.10. The Morgan fingerprint density at radius 3 is 2.44 bits per heavy atom. The number of aliphatic carboxylic acids is 1. The van der Waals surface area contributed by atoms with Gasteiger partial charge in [-0.05, 0) is 18.4 Å². The molecule has 0 bridgehead atoms. The van der Waals surface area contributed by atoms with Gasteiger partial charge in [0.1, 0.15) is 5.75 Å². The van der Waals surface area contributed by atoms with Gasteiger partial charge in [-0.15, -0.1) is 0 Å². The van der Waals surface area contributed by atoms with Crippen molar-refractivity contribution in [3.63, 3.8) is 0 Å². The van der Waals surface area contributed by atoms with Gasteiger partial charge < -0.3 is 10.2 Å². The Morgan fingerprint density at radius 2 is 1.83 bits per heavy atom. The van der Waals surface area contributed by atoms with E-state index in [1.165, 1.54) is 0 Å². The average molecular weight is 250 g/mol. The smallest absolute Gasteiger partial charge is 0.372 e. The first-order valence-corrected chi connectivity index (χ1v) is 6.12. The van der Waals surface area contributed by atoms with Crippen LogP contribution in [0.5, 0.6) is 5.75 Å². The van der Waals surface area contributed by atoms with E-state index >= 15 is 0 Å². The number of aryl methyl sites for hydroxylation is 1. The fourth-order valence-electron chi connectivity index (χ4n) is 1.80. The van der Waals surface area contributed by atoms with Crippen LogP contribution in [0.2, 0.25) is 0 Å². The summed E-state index contributed by atoms with van der Waals surface area (Å²) in [6.07, 6.45) is 3.63. The highest BCUT2D eigenvalue weighted by Gasteiger charge is 2.15. The lowest BCUT2D eigenvalue weighted by Crippen LogP contribution is -2.15. The van der Waals surface area contributed by atoms with Crippen LogP contribution in [0.1, 0.15) is 37.3 Å². The summed E-state index contributed by atoms with van der Waals surface area (Å²) in [4.78, 5) is 21.6. The highest BCUT2D eigenvalue weighted by atomic mass is 16.4. The number of carboxylic acids is 1. The fourth-order valence-corrected chi connectivity index (χ4v) is 1.80. The third-order valence-electron chi connectivity index (χ3n) is 2.84. The van der Waals surface area contributed by atoms with E-state index in [2.05, 4.69) is 6.92 Å². The molecule has 1 aromatic rings. The lowest BCUT2D eigenvalue weighted by Gasteiger charge is -2.08. The fraction of sp³-hybridized carbons (Fsp3) is 0.429. The third kappa shape index (κ3) is 3.87. The molecule has 1 rings (SSSR count). The van der Waals surface area contributed by atoms with Gasteiger partial charge >= 0.3 is 5.97 Å². The van der Waals surface area contributed by atoms with E-state index in [4.69, 9.17) is 5.11 Å². The first kappa shape index (κ1) is 14.2. The molecule has 4 heteroatoms. The van der Waals surface area contributed by atoms with Gasteiger partial charge in [-0.2, -0.15) is 0 Å². The summed E-state index contributed by atoms with van der Waals surface area (Å²) in [5.74, 6) is -2.31. The number of para-hydroxylation sites is 1. The molecule has 1 aromatic carbocycles. The summed E-state index contributed by atoms with van der Waals surface area (Å²) in [5, 5.41) is 18.5. The largest absolute Gasteiger partial charge is 0.507 e. The molecular weight excluding hydrogens is 232 g/mol. The monoisotopic (exact) mass is 250 g/mol. The van der Waals surface area contributed by atoms with Crippen molar-refractivity contribution < 1.29 is 19.8 Å². The number of carbonyl (C=O) groups is 2. The van der Waals surface area contributed by atoms with E-state index in [9.17, 15) is 14.7 Å². The molecule has 2 N–H and O–H groups in total. The Morgan fingerprint density at radius 1 is 1.17 bits per heavy atom. The molecule has 98 valence electrons. The Balaban J connectivity index is 2.78. The first-order chi connectivity index (χ1) is 8.56. The number of unbranched alkanes of at least 4 members (excludes halogenated alkanes) is 2. The summed E-state index contributed by atoms with van der Waals surface area (Å²) in [7, 11) is 0. The first-order valence-electron chi connectivity index (χ1n) is 6.12. The van der Waals surface area contributed by atoms with Crippen molar-refractivity contribution in [2.75, 3.05) is 0 Å². The highest BCUT2D eigenvalue weighted by molar-refractivity contribution is 6.33. The van der Waals surface area contributed by atoms with Crippen molar-refractivity contribution in [3.8, 4) is 5.75 Å². The zero-order valence-electron chi connectivity index (χ0n) is 10.5. The average Bonchev–Trinajstić information content (AvgIpc) is 2.33. The quantitative estimate of drug-likeness (QED) is 0.575. The summed E-state index contributed by atoms with van der Waals surface area (Å²) in [5.41, 5.74) is 1.16. The lowest BCUT2D eigenvalue weighted by atomic mass is 10.00.